The van der Waals surface area contributed by atoms with E-state index in [0.29, 0.717) is 43.7 Å². The van der Waals surface area contributed by atoms with E-state index in [4.69, 9.17) is 16.7 Å². The molecule has 1 aromatic carbocycles. The van der Waals surface area contributed by atoms with Crippen LogP contribution in [0.5, 0.6) is 0 Å². The van der Waals surface area contributed by atoms with Crippen LogP contribution in [0, 0.1) is 0 Å². The summed E-state index contributed by atoms with van der Waals surface area (Å²) in [5, 5.41) is 9.25. The Kier molecular flexibility index (Phi) is 8.52. The molecule has 0 aromatic heterocycles. The second kappa shape index (κ2) is 10.9. The fraction of sp³-hybridized carbons (Fsp3) is 0.476. The molecule has 0 atom stereocenters. The number of rotatable bonds is 11. The van der Waals surface area contributed by atoms with Gasteiger partial charge in [-0.05, 0) is 37.0 Å². The SMILES string of the molecule is O=C(O)CCCCCCN1C(=O)CCC1=CCC(=O)Cc1cccc(Cl)c1. The summed E-state index contributed by atoms with van der Waals surface area (Å²) in [6, 6.07) is 7.29. The standard InChI is InChI=1S/C21H26ClNO4/c22-17-7-5-6-16(14-17)15-19(24)11-9-18-10-12-20(25)23(18)13-4-2-1-3-8-21(26)27/h5-7,9,14H,1-4,8,10-13,15H2,(H,26,27). The molecule has 5 nitrogen and oxygen atoms in total. The number of allylic oxidation sites excluding steroid dienone is 2. The first-order valence-electron chi connectivity index (χ1n) is 9.43. The number of carbonyl (C=O) groups is 3. The van der Waals surface area contributed by atoms with Gasteiger partial charge in [0.05, 0.1) is 0 Å². The Hall–Kier alpha value is -2.14. The first-order chi connectivity index (χ1) is 13.0. The van der Waals surface area contributed by atoms with Gasteiger partial charge in [-0.1, -0.05) is 42.7 Å². The molecular weight excluding hydrogens is 366 g/mol. The third-order valence-corrected chi connectivity index (χ3v) is 4.86. The van der Waals surface area contributed by atoms with Crippen molar-refractivity contribution in [3.05, 3.63) is 46.6 Å². The number of hydrogen-bond donors (Lipinski definition) is 1. The number of carboxylic acids is 1. The average Bonchev–Trinajstić information content (AvgIpc) is 2.96. The van der Waals surface area contributed by atoms with Crippen molar-refractivity contribution in [3.63, 3.8) is 0 Å². The lowest BCUT2D eigenvalue weighted by Gasteiger charge is -2.18. The van der Waals surface area contributed by atoms with E-state index >= 15 is 0 Å². The van der Waals surface area contributed by atoms with Crippen molar-refractivity contribution in [3.8, 4) is 0 Å². The molecule has 146 valence electrons. The Morgan fingerprint density at radius 2 is 1.93 bits per heavy atom. The number of hydrogen-bond acceptors (Lipinski definition) is 3. The first-order valence-corrected chi connectivity index (χ1v) is 9.81. The minimum absolute atomic E-state index is 0.0951. The van der Waals surface area contributed by atoms with Gasteiger partial charge in [0, 0.05) is 42.9 Å². The highest BCUT2D eigenvalue weighted by Crippen LogP contribution is 2.24. The van der Waals surface area contributed by atoms with Crippen LogP contribution in [0.4, 0.5) is 0 Å². The molecule has 0 bridgehead atoms. The van der Waals surface area contributed by atoms with Crippen LogP contribution in [0.1, 0.15) is 56.9 Å². The summed E-state index contributed by atoms with van der Waals surface area (Å²) >= 11 is 5.94. The Morgan fingerprint density at radius 1 is 1.15 bits per heavy atom. The van der Waals surface area contributed by atoms with E-state index in [0.717, 1.165) is 30.5 Å². The number of aliphatic carboxylic acids is 1. The van der Waals surface area contributed by atoms with Gasteiger partial charge in [-0.2, -0.15) is 0 Å². The molecule has 0 spiro atoms. The molecule has 1 aromatic rings. The largest absolute Gasteiger partial charge is 0.481 e. The summed E-state index contributed by atoms with van der Waals surface area (Å²) in [4.78, 5) is 36.6. The van der Waals surface area contributed by atoms with Crippen LogP contribution >= 0.6 is 11.6 Å². The van der Waals surface area contributed by atoms with E-state index in [1.54, 1.807) is 17.0 Å². The molecular formula is C21H26ClNO4. The maximum atomic E-state index is 12.2. The molecule has 1 fully saturated rings. The fourth-order valence-corrected chi connectivity index (χ4v) is 3.44. The maximum absolute atomic E-state index is 12.2. The highest BCUT2D eigenvalue weighted by atomic mass is 35.5. The van der Waals surface area contributed by atoms with Gasteiger partial charge >= 0.3 is 5.97 Å². The predicted molar refractivity (Wildman–Crippen MR) is 105 cm³/mol. The summed E-state index contributed by atoms with van der Waals surface area (Å²) in [5.74, 6) is -0.566. The third-order valence-electron chi connectivity index (χ3n) is 4.62. The second-order valence-corrected chi connectivity index (χ2v) is 7.28. The van der Waals surface area contributed by atoms with E-state index in [1.807, 2.05) is 18.2 Å². The Labute approximate surface area is 165 Å². The van der Waals surface area contributed by atoms with Crippen LogP contribution in [0.2, 0.25) is 5.02 Å². The normalized spacial score (nSPS) is 15.5. The van der Waals surface area contributed by atoms with Crippen molar-refractivity contribution in [2.45, 2.75) is 57.8 Å². The van der Waals surface area contributed by atoms with Crippen LogP contribution in [0.25, 0.3) is 0 Å². The zero-order valence-corrected chi connectivity index (χ0v) is 16.2. The van der Waals surface area contributed by atoms with Gasteiger partial charge in [0.1, 0.15) is 5.78 Å². The van der Waals surface area contributed by atoms with E-state index in [1.165, 1.54) is 0 Å². The zero-order valence-electron chi connectivity index (χ0n) is 15.5. The van der Waals surface area contributed by atoms with Gasteiger partial charge < -0.3 is 10.0 Å². The number of nitrogens with zero attached hydrogens (tertiary/aromatic N) is 1. The fourth-order valence-electron chi connectivity index (χ4n) is 3.22. The number of Topliss-reactive ketones (excluding diaryl/α,β-unsaturated/α-hetero) is 1. The molecule has 1 saturated heterocycles. The molecule has 1 N–H and O–H groups in total. The summed E-state index contributed by atoms with van der Waals surface area (Å²) in [6.45, 7) is 0.639. The second-order valence-electron chi connectivity index (χ2n) is 6.85. The Morgan fingerprint density at radius 3 is 2.67 bits per heavy atom. The van der Waals surface area contributed by atoms with Crippen LogP contribution in [0.3, 0.4) is 0 Å². The van der Waals surface area contributed by atoms with Gasteiger partial charge in [-0.25, -0.2) is 0 Å². The first kappa shape index (κ1) is 21.2. The number of amides is 1. The molecule has 27 heavy (non-hydrogen) atoms. The lowest BCUT2D eigenvalue weighted by molar-refractivity contribution is -0.137. The quantitative estimate of drug-likeness (QED) is 0.568. The molecule has 1 aliphatic heterocycles. The molecule has 6 heteroatoms. The van der Waals surface area contributed by atoms with Crippen LogP contribution in [-0.2, 0) is 20.8 Å². The van der Waals surface area contributed by atoms with Gasteiger partial charge in [0.25, 0.3) is 0 Å². The van der Waals surface area contributed by atoms with Crippen molar-refractivity contribution in [1.29, 1.82) is 0 Å². The van der Waals surface area contributed by atoms with Crippen LogP contribution < -0.4 is 0 Å². The molecule has 1 amide bonds. The van der Waals surface area contributed by atoms with Crippen LogP contribution in [0.15, 0.2) is 36.0 Å². The van der Waals surface area contributed by atoms with E-state index in [9.17, 15) is 14.4 Å². The van der Waals surface area contributed by atoms with E-state index < -0.39 is 5.97 Å². The molecule has 0 unspecified atom stereocenters. The lowest BCUT2D eigenvalue weighted by atomic mass is 10.1. The third kappa shape index (κ3) is 7.55. The number of carboxylic acid groups (broad SMARTS) is 1. The van der Waals surface area contributed by atoms with E-state index in [2.05, 4.69) is 0 Å². The number of benzene rings is 1. The Balaban J connectivity index is 1.78. The van der Waals surface area contributed by atoms with Crippen molar-refractivity contribution < 1.29 is 19.5 Å². The number of carbonyl (C=O) groups excluding carboxylic acids is 2. The molecule has 1 heterocycles. The summed E-state index contributed by atoms with van der Waals surface area (Å²) in [7, 11) is 0. The van der Waals surface area contributed by atoms with Crippen molar-refractivity contribution >= 4 is 29.3 Å². The lowest BCUT2D eigenvalue weighted by Crippen LogP contribution is -2.24. The van der Waals surface area contributed by atoms with Gasteiger partial charge in [-0.15, -0.1) is 0 Å². The molecule has 0 aliphatic carbocycles. The average molecular weight is 392 g/mol. The highest BCUT2D eigenvalue weighted by molar-refractivity contribution is 6.30. The smallest absolute Gasteiger partial charge is 0.303 e. The predicted octanol–water partition coefficient (Wildman–Crippen LogP) is 4.38. The monoisotopic (exact) mass is 391 g/mol. The minimum Gasteiger partial charge on any atom is -0.481 e. The van der Waals surface area contributed by atoms with Gasteiger partial charge in [0.15, 0.2) is 0 Å². The molecule has 0 saturated carbocycles. The molecule has 2 rings (SSSR count). The number of unbranched alkanes of at least 4 members (excludes halogenated alkanes) is 3. The van der Waals surface area contributed by atoms with E-state index in [-0.39, 0.29) is 18.1 Å². The van der Waals surface area contributed by atoms with Crippen molar-refractivity contribution in [2.75, 3.05) is 6.54 Å². The summed E-state index contributed by atoms with van der Waals surface area (Å²) < 4.78 is 0. The number of halogens is 1. The topological polar surface area (TPSA) is 74.7 Å². The van der Waals surface area contributed by atoms with Gasteiger partial charge in [-0.3, -0.25) is 14.4 Å². The minimum atomic E-state index is -0.766. The van der Waals surface area contributed by atoms with Crippen molar-refractivity contribution in [2.24, 2.45) is 0 Å². The number of likely N-dealkylation sites (tertiary alicyclic amines) is 1. The molecule has 1 aliphatic rings. The summed E-state index contributed by atoms with van der Waals surface area (Å²) in [5.41, 5.74) is 1.83. The maximum Gasteiger partial charge on any atom is 0.303 e. The van der Waals surface area contributed by atoms with Crippen molar-refractivity contribution in [1.82, 2.24) is 4.90 Å². The van der Waals surface area contributed by atoms with Gasteiger partial charge in [0.2, 0.25) is 5.91 Å². The number of ketones is 1. The zero-order chi connectivity index (χ0) is 19.6. The molecule has 0 radical (unpaired) electrons. The Bertz CT molecular complexity index is 714. The highest BCUT2D eigenvalue weighted by Gasteiger charge is 2.24. The summed E-state index contributed by atoms with van der Waals surface area (Å²) in [6.07, 6.45) is 7.17. The van der Waals surface area contributed by atoms with Crippen LogP contribution in [-0.4, -0.2) is 34.2 Å².